The van der Waals surface area contributed by atoms with Gasteiger partial charge >= 0.3 is 0 Å². The summed E-state index contributed by atoms with van der Waals surface area (Å²) in [6.07, 6.45) is 3.88. The summed E-state index contributed by atoms with van der Waals surface area (Å²) in [6, 6.07) is 4.37. The number of carbonyl (C=O) groups excluding carboxylic acids is 1. The standard InChI is InChI=1S/C18H30N4O/c1-5-11-21(7-3)17-9-8-15(13-19-17)18(23)22-12-10-16(14-22)20(4)6-2/h8-9,13,16H,5-7,10-12,14H2,1-4H3. The predicted octanol–water partition coefficient (Wildman–Crippen LogP) is 2.48. The summed E-state index contributed by atoms with van der Waals surface area (Å²) in [6.45, 7) is 11.1. The van der Waals surface area contributed by atoms with Gasteiger partial charge in [0.15, 0.2) is 0 Å². The fraction of sp³-hybridized carbons (Fsp3) is 0.667. The maximum atomic E-state index is 12.6. The summed E-state index contributed by atoms with van der Waals surface area (Å²) >= 11 is 0. The molecule has 0 radical (unpaired) electrons. The molecule has 0 aromatic carbocycles. The number of hydrogen-bond acceptors (Lipinski definition) is 4. The molecule has 1 aromatic rings. The van der Waals surface area contributed by atoms with Gasteiger partial charge in [0.2, 0.25) is 0 Å². The zero-order chi connectivity index (χ0) is 16.8. The van der Waals surface area contributed by atoms with Crippen molar-refractivity contribution in [1.82, 2.24) is 14.8 Å². The van der Waals surface area contributed by atoms with Crippen LogP contribution in [0.4, 0.5) is 5.82 Å². The lowest BCUT2D eigenvalue weighted by Gasteiger charge is -2.23. The molecule has 1 saturated heterocycles. The molecule has 0 bridgehead atoms. The van der Waals surface area contributed by atoms with E-state index in [0.717, 1.165) is 51.4 Å². The molecule has 5 nitrogen and oxygen atoms in total. The fourth-order valence-corrected chi connectivity index (χ4v) is 3.13. The van der Waals surface area contributed by atoms with E-state index in [0.29, 0.717) is 11.6 Å². The lowest BCUT2D eigenvalue weighted by molar-refractivity contribution is 0.0780. The van der Waals surface area contributed by atoms with E-state index < -0.39 is 0 Å². The van der Waals surface area contributed by atoms with Gasteiger partial charge in [-0.2, -0.15) is 0 Å². The molecule has 1 aromatic heterocycles. The molecule has 23 heavy (non-hydrogen) atoms. The van der Waals surface area contributed by atoms with Gasteiger partial charge in [-0.25, -0.2) is 4.98 Å². The van der Waals surface area contributed by atoms with Gasteiger partial charge in [0.1, 0.15) is 5.82 Å². The van der Waals surface area contributed by atoms with Crippen LogP contribution in [0.25, 0.3) is 0 Å². The van der Waals surface area contributed by atoms with Gasteiger partial charge in [-0.05, 0) is 45.5 Å². The van der Waals surface area contributed by atoms with E-state index in [9.17, 15) is 4.79 Å². The third kappa shape index (κ3) is 4.22. The number of pyridine rings is 1. The number of nitrogens with zero attached hydrogens (tertiary/aromatic N) is 4. The van der Waals surface area contributed by atoms with Crippen LogP contribution in [-0.2, 0) is 0 Å². The summed E-state index contributed by atoms with van der Waals surface area (Å²) < 4.78 is 0. The van der Waals surface area contributed by atoms with E-state index in [-0.39, 0.29) is 5.91 Å². The second-order valence-corrected chi connectivity index (χ2v) is 6.25. The number of likely N-dealkylation sites (N-methyl/N-ethyl adjacent to an activating group) is 1. The summed E-state index contributed by atoms with van der Waals surface area (Å²) in [4.78, 5) is 23.6. The van der Waals surface area contributed by atoms with Crippen molar-refractivity contribution in [1.29, 1.82) is 0 Å². The minimum Gasteiger partial charge on any atom is -0.357 e. The van der Waals surface area contributed by atoms with Crippen LogP contribution in [0.3, 0.4) is 0 Å². The molecule has 0 spiro atoms. The van der Waals surface area contributed by atoms with E-state index in [1.807, 2.05) is 17.0 Å². The van der Waals surface area contributed by atoms with Crippen LogP contribution < -0.4 is 4.90 Å². The van der Waals surface area contributed by atoms with Crippen molar-refractivity contribution in [3.05, 3.63) is 23.9 Å². The van der Waals surface area contributed by atoms with Crippen molar-refractivity contribution in [2.75, 3.05) is 44.7 Å². The van der Waals surface area contributed by atoms with E-state index in [1.54, 1.807) is 6.20 Å². The predicted molar refractivity (Wildman–Crippen MR) is 95.0 cm³/mol. The third-order valence-electron chi connectivity index (χ3n) is 4.77. The molecule has 5 heteroatoms. The van der Waals surface area contributed by atoms with Gasteiger partial charge in [0.05, 0.1) is 5.56 Å². The summed E-state index contributed by atoms with van der Waals surface area (Å²) in [5.41, 5.74) is 0.695. The minimum absolute atomic E-state index is 0.106. The first-order valence-electron chi connectivity index (χ1n) is 8.81. The van der Waals surface area contributed by atoms with E-state index >= 15 is 0 Å². The minimum atomic E-state index is 0.106. The molecular formula is C18H30N4O. The van der Waals surface area contributed by atoms with Crippen molar-refractivity contribution in [3.63, 3.8) is 0 Å². The molecule has 0 N–H and O–H groups in total. The largest absolute Gasteiger partial charge is 0.357 e. The highest BCUT2D eigenvalue weighted by atomic mass is 16.2. The molecular weight excluding hydrogens is 288 g/mol. The van der Waals surface area contributed by atoms with Crippen LogP contribution >= 0.6 is 0 Å². The Labute approximate surface area is 140 Å². The Morgan fingerprint density at radius 2 is 2.09 bits per heavy atom. The van der Waals surface area contributed by atoms with Crippen LogP contribution in [0.2, 0.25) is 0 Å². The second-order valence-electron chi connectivity index (χ2n) is 6.25. The Morgan fingerprint density at radius 1 is 1.30 bits per heavy atom. The molecule has 1 aliphatic rings. The zero-order valence-corrected chi connectivity index (χ0v) is 15.0. The maximum Gasteiger partial charge on any atom is 0.255 e. The molecule has 1 fully saturated rings. The SMILES string of the molecule is CCCN(CC)c1ccc(C(=O)N2CCC(N(C)CC)C2)cn1. The van der Waals surface area contributed by atoms with Crippen molar-refractivity contribution < 1.29 is 4.79 Å². The average Bonchev–Trinajstić information content (AvgIpc) is 3.08. The molecule has 1 amide bonds. The van der Waals surface area contributed by atoms with Gasteiger partial charge in [0.25, 0.3) is 5.91 Å². The molecule has 1 unspecified atom stereocenters. The molecule has 2 rings (SSSR count). The number of carbonyl (C=O) groups is 1. The Morgan fingerprint density at radius 3 is 2.65 bits per heavy atom. The molecule has 0 aliphatic carbocycles. The second kappa shape index (κ2) is 8.29. The van der Waals surface area contributed by atoms with Crippen molar-refractivity contribution in [3.8, 4) is 0 Å². The number of hydrogen-bond donors (Lipinski definition) is 0. The number of rotatable bonds is 7. The topological polar surface area (TPSA) is 39.7 Å². The van der Waals surface area contributed by atoms with Crippen LogP contribution in [0.1, 0.15) is 44.0 Å². The molecule has 0 saturated carbocycles. The highest BCUT2D eigenvalue weighted by Crippen LogP contribution is 2.18. The van der Waals surface area contributed by atoms with E-state index in [1.165, 1.54) is 0 Å². The zero-order valence-electron chi connectivity index (χ0n) is 15.0. The van der Waals surface area contributed by atoms with Gasteiger partial charge < -0.3 is 14.7 Å². The molecule has 1 aliphatic heterocycles. The third-order valence-corrected chi connectivity index (χ3v) is 4.77. The van der Waals surface area contributed by atoms with E-state index in [2.05, 4.69) is 42.6 Å². The van der Waals surface area contributed by atoms with Crippen LogP contribution in [0.15, 0.2) is 18.3 Å². The number of aromatic nitrogens is 1. The first-order chi connectivity index (χ1) is 11.1. The summed E-state index contributed by atoms with van der Waals surface area (Å²) in [7, 11) is 2.13. The lowest BCUT2D eigenvalue weighted by atomic mass is 10.2. The Balaban J connectivity index is 2.01. The summed E-state index contributed by atoms with van der Waals surface area (Å²) in [5, 5.41) is 0. The highest BCUT2D eigenvalue weighted by molar-refractivity contribution is 5.94. The fourth-order valence-electron chi connectivity index (χ4n) is 3.13. The average molecular weight is 318 g/mol. The first-order valence-corrected chi connectivity index (χ1v) is 8.81. The maximum absolute atomic E-state index is 12.6. The smallest absolute Gasteiger partial charge is 0.255 e. The lowest BCUT2D eigenvalue weighted by Crippen LogP contribution is -2.36. The van der Waals surface area contributed by atoms with Gasteiger partial charge in [0, 0.05) is 38.4 Å². The van der Waals surface area contributed by atoms with Crippen LogP contribution in [0.5, 0.6) is 0 Å². The van der Waals surface area contributed by atoms with Gasteiger partial charge in [-0.15, -0.1) is 0 Å². The van der Waals surface area contributed by atoms with Crippen LogP contribution in [-0.4, -0.2) is 66.5 Å². The van der Waals surface area contributed by atoms with E-state index in [4.69, 9.17) is 0 Å². The molecule has 1 atom stereocenters. The van der Waals surface area contributed by atoms with Gasteiger partial charge in [-0.3, -0.25) is 4.79 Å². The Kier molecular flexibility index (Phi) is 6.39. The van der Waals surface area contributed by atoms with Crippen molar-refractivity contribution in [2.45, 2.75) is 39.7 Å². The molecule has 128 valence electrons. The molecule has 2 heterocycles. The summed E-state index contributed by atoms with van der Waals surface area (Å²) in [5.74, 6) is 1.06. The van der Waals surface area contributed by atoms with Crippen LogP contribution in [0, 0.1) is 0 Å². The number of amides is 1. The normalized spacial score (nSPS) is 17.8. The monoisotopic (exact) mass is 318 g/mol. The quantitative estimate of drug-likeness (QED) is 0.774. The number of likely N-dealkylation sites (tertiary alicyclic amines) is 1. The first kappa shape index (κ1) is 17.7. The Hall–Kier alpha value is -1.62. The highest BCUT2D eigenvalue weighted by Gasteiger charge is 2.28. The van der Waals surface area contributed by atoms with Gasteiger partial charge in [-0.1, -0.05) is 13.8 Å². The van der Waals surface area contributed by atoms with Crippen molar-refractivity contribution in [2.24, 2.45) is 0 Å². The van der Waals surface area contributed by atoms with Crippen molar-refractivity contribution >= 4 is 11.7 Å². The number of anilines is 1. The Bertz CT molecular complexity index is 502.